The molecule has 1 aliphatic heterocycles. The Kier molecular flexibility index (Phi) is 4.25. The molecule has 2 amide bonds. The Bertz CT molecular complexity index is 587. The van der Waals surface area contributed by atoms with E-state index in [-0.39, 0.29) is 18.0 Å². The van der Waals surface area contributed by atoms with Crippen LogP contribution in [0.1, 0.15) is 25.8 Å². The number of rotatable bonds is 3. The minimum Gasteiger partial charge on any atom is -0.343 e. The van der Waals surface area contributed by atoms with Crippen molar-refractivity contribution < 1.29 is 18.4 Å². The van der Waals surface area contributed by atoms with Crippen LogP contribution in [0.25, 0.3) is 0 Å². The maximum Gasteiger partial charge on any atom is 0.250 e. The Morgan fingerprint density at radius 1 is 1.33 bits per heavy atom. The highest BCUT2D eigenvalue weighted by atomic mass is 19.1. The zero-order valence-electron chi connectivity index (χ0n) is 12.2. The zero-order valence-corrected chi connectivity index (χ0v) is 12.2. The Balaban J connectivity index is 2.41. The Hall–Kier alpha value is -1.98. The van der Waals surface area contributed by atoms with Gasteiger partial charge in [-0.1, -0.05) is 19.9 Å². The van der Waals surface area contributed by atoms with Crippen molar-refractivity contribution in [3.8, 4) is 0 Å². The fourth-order valence-electron chi connectivity index (χ4n) is 2.42. The number of piperazine rings is 1. The summed E-state index contributed by atoms with van der Waals surface area (Å²) in [6, 6.07) is 1.66. The average molecular weight is 296 g/mol. The fraction of sp³-hybridized carbons (Fsp3) is 0.467. The van der Waals surface area contributed by atoms with E-state index in [0.717, 1.165) is 11.0 Å². The number of nitrogens with one attached hydrogen (secondary N) is 1. The van der Waals surface area contributed by atoms with Gasteiger partial charge in [0.25, 0.3) is 0 Å². The Morgan fingerprint density at radius 3 is 2.62 bits per heavy atom. The molecule has 114 valence electrons. The molecule has 0 saturated carbocycles. The van der Waals surface area contributed by atoms with Crippen LogP contribution in [0.5, 0.6) is 0 Å². The minimum absolute atomic E-state index is 0.173. The molecule has 21 heavy (non-hydrogen) atoms. The van der Waals surface area contributed by atoms with Crippen LogP contribution >= 0.6 is 0 Å². The van der Waals surface area contributed by atoms with Gasteiger partial charge in [0.15, 0.2) is 5.82 Å². The predicted octanol–water partition coefficient (Wildman–Crippen LogP) is 2.15. The lowest BCUT2D eigenvalue weighted by Gasteiger charge is -2.33. The van der Waals surface area contributed by atoms with Gasteiger partial charge < -0.3 is 5.32 Å². The normalized spacial score (nSPS) is 19.1. The first-order chi connectivity index (χ1) is 9.81. The van der Waals surface area contributed by atoms with Gasteiger partial charge >= 0.3 is 0 Å². The summed E-state index contributed by atoms with van der Waals surface area (Å²) in [7, 11) is 0. The molecule has 2 rings (SSSR count). The van der Waals surface area contributed by atoms with Crippen molar-refractivity contribution in [3.63, 3.8) is 0 Å². The van der Waals surface area contributed by atoms with E-state index in [1.807, 2.05) is 13.8 Å². The van der Waals surface area contributed by atoms with Crippen LogP contribution in [0.15, 0.2) is 12.1 Å². The third-order valence-corrected chi connectivity index (χ3v) is 3.44. The molecule has 1 atom stereocenters. The predicted molar refractivity (Wildman–Crippen MR) is 74.8 cm³/mol. The first kappa shape index (κ1) is 15.4. The van der Waals surface area contributed by atoms with Gasteiger partial charge in [0.1, 0.15) is 24.1 Å². The van der Waals surface area contributed by atoms with E-state index in [1.165, 1.54) is 13.0 Å². The maximum absolute atomic E-state index is 14.2. The number of hydrogen-bond donors (Lipinski definition) is 1. The van der Waals surface area contributed by atoms with Gasteiger partial charge in [-0.2, -0.15) is 0 Å². The molecule has 6 heteroatoms. The quantitative estimate of drug-likeness (QED) is 0.929. The van der Waals surface area contributed by atoms with E-state index in [0.29, 0.717) is 6.42 Å². The smallest absolute Gasteiger partial charge is 0.250 e. The molecular weight excluding hydrogens is 278 g/mol. The van der Waals surface area contributed by atoms with Crippen molar-refractivity contribution in [3.05, 3.63) is 29.3 Å². The van der Waals surface area contributed by atoms with E-state index in [4.69, 9.17) is 0 Å². The van der Waals surface area contributed by atoms with Gasteiger partial charge in [0.2, 0.25) is 11.8 Å². The molecule has 0 bridgehead atoms. The van der Waals surface area contributed by atoms with Crippen molar-refractivity contribution in [2.24, 2.45) is 5.92 Å². The zero-order chi connectivity index (χ0) is 15.7. The van der Waals surface area contributed by atoms with Crippen molar-refractivity contribution in [2.45, 2.75) is 33.2 Å². The van der Waals surface area contributed by atoms with E-state index in [2.05, 4.69) is 5.32 Å². The molecule has 0 radical (unpaired) electrons. The van der Waals surface area contributed by atoms with Crippen molar-refractivity contribution in [1.82, 2.24) is 5.32 Å². The topological polar surface area (TPSA) is 49.4 Å². The number of anilines is 1. The molecular formula is C15H18F2N2O2. The number of halogens is 2. The van der Waals surface area contributed by atoms with Crippen molar-refractivity contribution >= 4 is 17.5 Å². The summed E-state index contributed by atoms with van der Waals surface area (Å²) in [5.74, 6) is -2.37. The highest BCUT2D eigenvalue weighted by molar-refractivity contribution is 6.06. The van der Waals surface area contributed by atoms with Gasteiger partial charge in [-0.15, -0.1) is 0 Å². The molecule has 0 spiro atoms. The van der Waals surface area contributed by atoms with Gasteiger partial charge in [0, 0.05) is 0 Å². The number of carbonyl (C=O) groups excluding carboxylic acids is 2. The van der Waals surface area contributed by atoms with E-state index < -0.39 is 35.2 Å². The highest BCUT2D eigenvalue weighted by Gasteiger charge is 2.36. The second-order valence-electron chi connectivity index (χ2n) is 5.70. The molecule has 0 aromatic heterocycles. The fourth-order valence-corrected chi connectivity index (χ4v) is 2.42. The second kappa shape index (κ2) is 5.79. The number of benzene rings is 1. The second-order valence-corrected chi connectivity index (χ2v) is 5.70. The molecule has 1 heterocycles. The summed E-state index contributed by atoms with van der Waals surface area (Å²) < 4.78 is 28.1. The monoisotopic (exact) mass is 296 g/mol. The Labute approximate surface area is 122 Å². The van der Waals surface area contributed by atoms with E-state index >= 15 is 0 Å². The van der Waals surface area contributed by atoms with Crippen LogP contribution in [0, 0.1) is 24.5 Å². The number of carbonyl (C=O) groups is 2. The molecule has 1 aromatic rings. The van der Waals surface area contributed by atoms with Crippen LogP contribution in [0.2, 0.25) is 0 Å². The largest absolute Gasteiger partial charge is 0.343 e. The molecule has 0 aliphatic carbocycles. The summed E-state index contributed by atoms with van der Waals surface area (Å²) in [4.78, 5) is 25.0. The number of nitrogens with zero attached hydrogens (tertiary/aromatic N) is 1. The lowest BCUT2D eigenvalue weighted by molar-refractivity contribution is -0.131. The van der Waals surface area contributed by atoms with Crippen LogP contribution in [0.3, 0.4) is 0 Å². The van der Waals surface area contributed by atoms with E-state index in [9.17, 15) is 18.4 Å². The first-order valence-corrected chi connectivity index (χ1v) is 6.86. The van der Waals surface area contributed by atoms with Gasteiger partial charge in [-0.3, -0.25) is 14.5 Å². The minimum atomic E-state index is -0.843. The molecule has 1 aromatic carbocycles. The number of hydrogen-bond acceptors (Lipinski definition) is 2. The Morgan fingerprint density at radius 2 is 2.00 bits per heavy atom. The summed E-state index contributed by atoms with van der Waals surface area (Å²) in [6.45, 7) is 4.93. The lowest BCUT2D eigenvalue weighted by atomic mass is 10.00. The van der Waals surface area contributed by atoms with Crippen LogP contribution < -0.4 is 10.2 Å². The SMILES string of the molecule is Cc1ccc(F)c(N2CC(=O)NC(CC(C)C)C2=O)c1F. The summed E-state index contributed by atoms with van der Waals surface area (Å²) in [6.07, 6.45) is 0.427. The summed E-state index contributed by atoms with van der Waals surface area (Å²) in [5, 5.41) is 2.58. The third-order valence-electron chi connectivity index (χ3n) is 3.44. The van der Waals surface area contributed by atoms with Gasteiger partial charge in [-0.05, 0) is 30.9 Å². The standard InChI is InChI=1S/C15H18F2N2O2/c1-8(2)6-11-15(21)19(7-12(20)18-11)14-10(16)5-4-9(3)13(14)17/h4-5,8,11H,6-7H2,1-3H3,(H,18,20). The molecule has 1 aliphatic rings. The van der Waals surface area contributed by atoms with Crippen molar-refractivity contribution in [1.29, 1.82) is 0 Å². The third kappa shape index (κ3) is 3.04. The van der Waals surface area contributed by atoms with E-state index in [1.54, 1.807) is 0 Å². The summed E-state index contributed by atoms with van der Waals surface area (Å²) in [5.41, 5.74) is -0.214. The highest BCUT2D eigenvalue weighted by Crippen LogP contribution is 2.28. The summed E-state index contributed by atoms with van der Waals surface area (Å²) >= 11 is 0. The number of amides is 2. The van der Waals surface area contributed by atoms with Gasteiger partial charge in [0.05, 0.1) is 0 Å². The van der Waals surface area contributed by atoms with Gasteiger partial charge in [-0.25, -0.2) is 8.78 Å². The van der Waals surface area contributed by atoms with Crippen LogP contribution in [-0.2, 0) is 9.59 Å². The van der Waals surface area contributed by atoms with Crippen molar-refractivity contribution in [2.75, 3.05) is 11.4 Å². The molecule has 4 nitrogen and oxygen atoms in total. The lowest BCUT2D eigenvalue weighted by Crippen LogP contribution is -2.59. The first-order valence-electron chi connectivity index (χ1n) is 6.86. The molecule has 1 N–H and O–H groups in total. The maximum atomic E-state index is 14.2. The molecule has 1 unspecified atom stereocenters. The molecule has 1 saturated heterocycles. The average Bonchev–Trinajstić information content (AvgIpc) is 2.39. The number of aryl methyl sites for hydroxylation is 1. The van der Waals surface area contributed by atoms with Crippen LogP contribution in [0.4, 0.5) is 14.5 Å². The molecule has 1 fully saturated rings. The van der Waals surface area contributed by atoms with Crippen LogP contribution in [-0.4, -0.2) is 24.4 Å².